The van der Waals surface area contributed by atoms with E-state index in [9.17, 15) is 9.65 Å². The molecule has 202 valence electrons. The van der Waals surface area contributed by atoms with Crippen LogP contribution >= 0.6 is 0 Å². The minimum atomic E-state index is -0.734. The minimum Gasteiger partial charge on any atom is -0.478 e. The number of hydrogen-bond donors (Lipinski definition) is 1. The Hall–Kier alpha value is -2.89. The van der Waals surface area contributed by atoms with Crippen molar-refractivity contribution in [3.8, 4) is 11.9 Å². The molecular formula is C30H38FN5O2. The fourth-order valence-corrected chi connectivity index (χ4v) is 7.56. The Bertz CT molecular complexity index is 1290. The standard InChI is InChI=1S/C30H38FN5O2/c1-19-7-9-30(28-21(19)5-6-24(33)22(28)16-32)15-25-23(18-38-30)26(35(2)3)13-27(34-25)37-12-10-29-8-4-11-36(29)17-20(31)14-29/h5-6,13,19-20H,4,7-12,14-15,17-18,33H2,1-3H3/t19-,20+,29?,30-/m0/s1. The number of ether oxygens (including phenoxy) is 2. The highest BCUT2D eigenvalue weighted by atomic mass is 19.1. The van der Waals surface area contributed by atoms with Gasteiger partial charge < -0.3 is 20.1 Å². The van der Waals surface area contributed by atoms with Crippen LogP contribution in [0.2, 0.25) is 0 Å². The predicted octanol–water partition coefficient (Wildman–Crippen LogP) is 4.81. The second kappa shape index (κ2) is 9.39. The van der Waals surface area contributed by atoms with Gasteiger partial charge in [0.15, 0.2) is 0 Å². The summed E-state index contributed by atoms with van der Waals surface area (Å²) in [6.45, 7) is 4.67. The van der Waals surface area contributed by atoms with E-state index in [1.54, 1.807) is 0 Å². The molecule has 0 radical (unpaired) electrons. The Morgan fingerprint density at radius 3 is 2.97 bits per heavy atom. The van der Waals surface area contributed by atoms with Crippen LogP contribution in [0.3, 0.4) is 0 Å². The molecule has 7 nitrogen and oxygen atoms in total. The first-order valence-electron chi connectivity index (χ1n) is 13.9. The minimum absolute atomic E-state index is 0.0635. The van der Waals surface area contributed by atoms with E-state index in [4.69, 9.17) is 20.2 Å². The van der Waals surface area contributed by atoms with Gasteiger partial charge in [-0.1, -0.05) is 13.0 Å². The van der Waals surface area contributed by atoms with Crippen LogP contribution in [0.4, 0.5) is 15.8 Å². The van der Waals surface area contributed by atoms with Crippen LogP contribution in [0.15, 0.2) is 18.2 Å². The average Bonchev–Trinajstić information content (AvgIpc) is 3.41. The third kappa shape index (κ3) is 4.02. The highest BCUT2D eigenvalue weighted by Gasteiger charge is 2.49. The van der Waals surface area contributed by atoms with Crippen molar-refractivity contribution in [2.24, 2.45) is 0 Å². The number of rotatable bonds is 5. The summed E-state index contributed by atoms with van der Waals surface area (Å²) in [4.78, 5) is 9.41. The number of hydrogen-bond acceptors (Lipinski definition) is 7. The molecule has 4 atom stereocenters. The number of pyridine rings is 1. The van der Waals surface area contributed by atoms with Crippen LogP contribution in [0.25, 0.3) is 0 Å². The van der Waals surface area contributed by atoms with Crippen molar-refractivity contribution < 1.29 is 13.9 Å². The zero-order chi connectivity index (χ0) is 26.7. The number of aromatic nitrogens is 1. The number of anilines is 2. The van der Waals surface area contributed by atoms with Crippen LogP contribution in [0, 0.1) is 11.3 Å². The van der Waals surface area contributed by atoms with Gasteiger partial charge in [0.25, 0.3) is 0 Å². The van der Waals surface area contributed by atoms with Crippen molar-refractivity contribution in [1.29, 1.82) is 5.26 Å². The predicted molar refractivity (Wildman–Crippen MR) is 145 cm³/mol. The summed E-state index contributed by atoms with van der Waals surface area (Å²) < 4.78 is 27.2. The fraction of sp³-hybridized carbons (Fsp3) is 0.600. The molecule has 2 N–H and O–H groups in total. The molecule has 3 aliphatic heterocycles. The first-order chi connectivity index (χ1) is 18.2. The van der Waals surface area contributed by atoms with Gasteiger partial charge in [-0.25, -0.2) is 9.37 Å². The van der Waals surface area contributed by atoms with Crippen molar-refractivity contribution >= 4 is 11.4 Å². The van der Waals surface area contributed by atoms with Crippen molar-refractivity contribution in [1.82, 2.24) is 9.88 Å². The number of nitriles is 1. The molecule has 0 amide bonds. The van der Waals surface area contributed by atoms with Gasteiger partial charge in [-0.3, -0.25) is 4.90 Å². The highest BCUT2D eigenvalue weighted by Crippen LogP contribution is 2.51. The topological polar surface area (TPSA) is 87.6 Å². The number of nitrogens with zero attached hydrogens (tertiary/aromatic N) is 4. The maximum absolute atomic E-state index is 14.2. The third-order valence-corrected chi connectivity index (χ3v) is 9.52. The zero-order valence-corrected chi connectivity index (χ0v) is 22.7. The van der Waals surface area contributed by atoms with Crippen molar-refractivity contribution in [3.05, 3.63) is 46.1 Å². The Balaban J connectivity index is 1.31. The van der Waals surface area contributed by atoms with Crippen LogP contribution in [0.5, 0.6) is 5.88 Å². The van der Waals surface area contributed by atoms with E-state index in [1.807, 2.05) is 26.2 Å². The van der Waals surface area contributed by atoms with Gasteiger partial charge in [0, 0.05) is 67.6 Å². The van der Waals surface area contributed by atoms with Crippen molar-refractivity contribution in [2.75, 3.05) is 44.4 Å². The number of benzene rings is 1. The van der Waals surface area contributed by atoms with E-state index >= 15 is 0 Å². The molecule has 38 heavy (non-hydrogen) atoms. The molecule has 0 bridgehead atoms. The molecule has 1 spiro atoms. The number of halogens is 1. The first kappa shape index (κ1) is 25.4. The lowest BCUT2D eigenvalue weighted by Crippen LogP contribution is -2.41. The summed E-state index contributed by atoms with van der Waals surface area (Å²) in [6, 6.07) is 8.27. The molecule has 1 aromatic carbocycles. The van der Waals surface area contributed by atoms with Crippen LogP contribution < -0.4 is 15.4 Å². The molecule has 1 unspecified atom stereocenters. The van der Waals surface area contributed by atoms with Gasteiger partial charge in [0.1, 0.15) is 17.8 Å². The lowest BCUT2D eigenvalue weighted by Gasteiger charge is -2.45. The molecule has 1 aliphatic carbocycles. The van der Waals surface area contributed by atoms with Gasteiger partial charge >= 0.3 is 0 Å². The molecule has 2 aromatic rings. The first-order valence-corrected chi connectivity index (χ1v) is 13.9. The number of fused-ring (bicyclic) bond motifs is 4. The molecule has 4 aliphatic rings. The SMILES string of the molecule is C[C@H]1CC[C@]2(Cc3nc(OCCC45CCCN4C[C@H](F)C5)cc(N(C)C)c3CO2)c2c1ccc(N)c2C#N. The molecule has 8 heteroatoms. The smallest absolute Gasteiger partial charge is 0.215 e. The summed E-state index contributed by atoms with van der Waals surface area (Å²) in [5.74, 6) is 0.931. The van der Waals surface area contributed by atoms with Gasteiger partial charge in [-0.2, -0.15) is 5.26 Å². The second-order valence-electron chi connectivity index (χ2n) is 12.0. The summed E-state index contributed by atoms with van der Waals surface area (Å²) in [5.41, 5.74) is 11.7. The highest BCUT2D eigenvalue weighted by molar-refractivity contribution is 5.64. The molecule has 0 saturated carbocycles. The Labute approximate surface area is 224 Å². The molecule has 2 saturated heterocycles. The van der Waals surface area contributed by atoms with Crippen LogP contribution in [0.1, 0.15) is 79.3 Å². The molecule has 1 aromatic heterocycles. The summed E-state index contributed by atoms with van der Waals surface area (Å²) in [7, 11) is 4.04. The van der Waals surface area contributed by atoms with Gasteiger partial charge in [-0.05, 0) is 56.2 Å². The summed E-state index contributed by atoms with van der Waals surface area (Å²) in [5, 5.41) is 10.0. The van der Waals surface area contributed by atoms with E-state index in [0.29, 0.717) is 55.6 Å². The summed E-state index contributed by atoms with van der Waals surface area (Å²) >= 11 is 0. The third-order valence-electron chi connectivity index (χ3n) is 9.52. The Morgan fingerprint density at radius 2 is 2.18 bits per heavy atom. The van der Waals surface area contributed by atoms with Gasteiger partial charge in [-0.15, -0.1) is 0 Å². The van der Waals surface area contributed by atoms with E-state index in [1.165, 1.54) is 0 Å². The number of alkyl halides is 1. The van der Waals surface area contributed by atoms with E-state index < -0.39 is 11.8 Å². The van der Waals surface area contributed by atoms with Crippen LogP contribution in [-0.2, 0) is 23.4 Å². The van der Waals surface area contributed by atoms with Crippen LogP contribution in [-0.4, -0.2) is 55.4 Å². The normalized spacial score (nSPS) is 30.0. The molecule has 6 rings (SSSR count). The lowest BCUT2D eigenvalue weighted by molar-refractivity contribution is -0.0871. The van der Waals surface area contributed by atoms with Crippen molar-refractivity contribution in [2.45, 2.75) is 81.7 Å². The fourth-order valence-electron chi connectivity index (χ4n) is 7.56. The second-order valence-corrected chi connectivity index (χ2v) is 12.0. The maximum atomic E-state index is 14.2. The molecule has 2 fully saturated rings. The van der Waals surface area contributed by atoms with E-state index in [-0.39, 0.29) is 5.54 Å². The largest absolute Gasteiger partial charge is 0.478 e. The number of nitrogens with two attached hydrogens (primary N) is 1. The Morgan fingerprint density at radius 1 is 1.34 bits per heavy atom. The van der Waals surface area contributed by atoms with Crippen molar-refractivity contribution in [3.63, 3.8) is 0 Å². The zero-order valence-electron chi connectivity index (χ0n) is 22.7. The monoisotopic (exact) mass is 519 g/mol. The van der Waals surface area contributed by atoms with Gasteiger partial charge in [0.05, 0.1) is 24.5 Å². The molecular weight excluding hydrogens is 481 g/mol. The lowest BCUT2D eigenvalue weighted by atomic mass is 9.69. The average molecular weight is 520 g/mol. The van der Waals surface area contributed by atoms with E-state index in [0.717, 1.165) is 66.7 Å². The Kier molecular flexibility index (Phi) is 6.27. The summed E-state index contributed by atoms with van der Waals surface area (Å²) in [6.07, 6.45) is 5.21. The quantitative estimate of drug-likeness (QED) is 0.567. The van der Waals surface area contributed by atoms with E-state index in [2.05, 4.69) is 28.9 Å². The van der Waals surface area contributed by atoms with Gasteiger partial charge in [0.2, 0.25) is 5.88 Å². The molecule has 4 heterocycles. The maximum Gasteiger partial charge on any atom is 0.215 e. The number of nitrogen functional groups attached to an aromatic ring is 1.